The van der Waals surface area contributed by atoms with E-state index < -0.39 is 11.7 Å². The first kappa shape index (κ1) is 24.0. The second kappa shape index (κ2) is 9.76. The molecule has 6 nitrogen and oxygen atoms in total. The fraction of sp³-hybridized carbons (Fsp3) is 0.367. The van der Waals surface area contributed by atoms with Crippen molar-refractivity contribution in [1.82, 2.24) is 15.2 Å². The number of rotatable bonds is 3. The lowest BCUT2D eigenvalue weighted by molar-refractivity contribution is 0.0473. The molecule has 1 N–H and O–H groups in total. The molecule has 0 bridgehead atoms. The Bertz CT molecular complexity index is 1320. The summed E-state index contributed by atoms with van der Waals surface area (Å²) in [5.41, 5.74) is 5.42. The first-order chi connectivity index (χ1) is 17.3. The van der Waals surface area contributed by atoms with Gasteiger partial charge >= 0.3 is 6.09 Å². The summed E-state index contributed by atoms with van der Waals surface area (Å²) in [5.74, 6) is 0.0570. The van der Waals surface area contributed by atoms with Crippen LogP contribution in [0, 0.1) is 0 Å². The monoisotopic (exact) mass is 483 g/mol. The van der Waals surface area contributed by atoms with Gasteiger partial charge in [0.25, 0.3) is 5.91 Å². The second-order valence-electron chi connectivity index (χ2n) is 10.6. The number of hydrogen-bond donors (Lipinski definition) is 1. The van der Waals surface area contributed by atoms with Crippen LogP contribution < -0.4 is 5.32 Å². The van der Waals surface area contributed by atoms with E-state index in [1.54, 1.807) is 0 Å². The Morgan fingerprint density at radius 3 is 2.42 bits per heavy atom. The van der Waals surface area contributed by atoms with Gasteiger partial charge in [0.05, 0.1) is 16.8 Å². The Kier molecular flexibility index (Phi) is 6.52. The third kappa shape index (κ3) is 5.13. The first-order valence-electron chi connectivity index (χ1n) is 12.7. The van der Waals surface area contributed by atoms with Crippen LogP contribution in [-0.4, -0.2) is 46.6 Å². The molecule has 2 aliphatic rings. The fourth-order valence-electron chi connectivity index (χ4n) is 5.13. The molecule has 0 radical (unpaired) electrons. The maximum atomic E-state index is 13.9. The van der Waals surface area contributed by atoms with Crippen LogP contribution in [0.3, 0.4) is 0 Å². The predicted molar refractivity (Wildman–Crippen MR) is 143 cm³/mol. The van der Waals surface area contributed by atoms with Gasteiger partial charge in [-0.25, -0.2) is 9.78 Å². The number of nitrogens with one attached hydrogen (secondary N) is 1. The molecule has 1 aliphatic heterocycles. The predicted octanol–water partition coefficient (Wildman–Crippen LogP) is 5.85. The van der Waals surface area contributed by atoms with Crippen LogP contribution in [0.4, 0.5) is 4.79 Å². The van der Waals surface area contributed by atoms with E-state index in [0.29, 0.717) is 25.9 Å². The van der Waals surface area contributed by atoms with Gasteiger partial charge in [0.1, 0.15) is 5.60 Å². The average molecular weight is 484 g/mol. The van der Waals surface area contributed by atoms with Gasteiger partial charge in [0.2, 0.25) is 0 Å². The van der Waals surface area contributed by atoms with Gasteiger partial charge in [-0.2, -0.15) is 0 Å². The average Bonchev–Trinajstić information content (AvgIpc) is 3.24. The lowest BCUT2D eigenvalue weighted by Crippen LogP contribution is -2.47. The zero-order valence-corrected chi connectivity index (χ0v) is 21.2. The van der Waals surface area contributed by atoms with Crippen molar-refractivity contribution in [3.8, 4) is 0 Å². The van der Waals surface area contributed by atoms with Gasteiger partial charge in [0.15, 0.2) is 0 Å². The van der Waals surface area contributed by atoms with E-state index in [-0.39, 0.29) is 11.9 Å². The van der Waals surface area contributed by atoms with E-state index in [1.807, 2.05) is 68.1 Å². The van der Waals surface area contributed by atoms with Crippen molar-refractivity contribution >= 4 is 34.6 Å². The van der Waals surface area contributed by atoms with Crippen molar-refractivity contribution in [3.05, 3.63) is 77.0 Å². The Balaban J connectivity index is 1.39. The van der Waals surface area contributed by atoms with Gasteiger partial charge < -0.3 is 15.0 Å². The van der Waals surface area contributed by atoms with E-state index in [4.69, 9.17) is 9.72 Å². The maximum Gasteiger partial charge on any atom is 0.407 e. The number of hydrogen-bond acceptors (Lipinski definition) is 4. The zero-order chi connectivity index (χ0) is 25.3. The molecule has 2 amide bonds. The molecule has 36 heavy (non-hydrogen) atoms. The summed E-state index contributed by atoms with van der Waals surface area (Å²) in [5, 5.41) is 3.87. The van der Waals surface area contributed by atoms with Crippen LogP contribution in [0.1, 0.15) is 67.2 Å². The number of likely N-dealkylation sites (tertiary alicyclic amines) is 1. The van der Waals surface area contributed by atoms with Crippen LogP contribution >= 0.6 is 0 Å². The summed E-state index contributed by atoms with van der Waals surface area (Å²) in [6.07, 6.45) is 4.88. The lowest BCUT2D eigenvalue weighted by Gasteiger charge is -2.33. The third-order valence-corrected chi connectivity index (χ3v) is 6.80. The number of ether oxygens (including phenoxy) is 1. The number of piperidine rings is 1. The van der Waals surface area contributed by atoms with E-state index in [1.165, 1.54) is 5.57 Å². The molecule has 2 aromatic carbocycles. The van der Waals surface area contributed by atoms with Crippen LogP contribution in [0.5, 0.6) is 0 Å². The van der Waals surface area contributed by atoms with Crippen LogP contribution in [0.2, 0.25) is 0 Å². The summed E-state index contributed by atoms with van der Waals surface area (Å²) in [6.45, 7) is 6.75. The number of amides is 2. The molecule has 1 fully saturated rings. The molecular formula is C30H33N3O3. The number of pyridine rings is 1. The molecule has 2 heterocycles. The van der Waals surface area contributed by atoms with Gasteiger partial charge in [-0.1, -0.05) is 48.5 Å². The molecule has 0 saturated carbocycles. The normalized spacial score (nSPS) is 17.3. The molecular weight excluding hydrogens is 450 g/mol. The second-order valence-corrected chi connectivity index (χ2v) is 10.6. The molecule has 1 aromatic heterocycles. The molecule has 186 valence electrons. The number of para-hydroxylation sites is 1. The molecule has 1 aliphatic carbocycles. The number of carbonyl (C=O) groups excluding carboxylic acids is 2. The van der Waals surface area contributed by atoms with Crippen molar-refractivity contribution in [3.63, 3.8) is 0 Å². The highest BCUT2D eigenvalue weighted by Crippen LogP contribution is 2.38. The number of benzene rings is 2. The minimum atomic E-state index is -0.530. The SMILES string of the molecule is CC(C)(C)OC(=O)NC1CCN(C(=O)c2c3c(nc4ccccc24)/C(=C\c2ccccc2)CC3)CC1. The number of fused-ring (bicyclic) bond motifs is 2. The van der Waals surface area contributed by atoms with Crippen LogP contribution in [0.25, 0.3) is 22.6 Å². The number of aromatic nitrogens is 1. The molecule has 0 spiro atoms. The van der Waals surface area contributed by atoms with Crippen molar-refractivity contribution in [2.24, 2.45) is 0 Å². The minimum absolute atomic E-state index is 0.00390. The number of carbonyl (C=O) groups is 2. The molecule has 0 unspecified atom stereocenters. The number of allylic oxidation sites excluding steroid dienone is 1. The highest BCUT2D eigenvalue weighted by Gasteiger charge is 2.31. The largest absolute Gasteiger partial charge is 0.444 e. The molecule has 6 heteroatoms. The number of alkyl carbamates (subject to hydrolysis) is 1. The molecule has 0 atom stereocenters. The summed E-state index contributed by atoms with van der Waals surface area (Å²) in [6, 6.07) is 18.2. The van der Waals surface area contributed by atoms with Gasteiger partial charge in [-0.05, 0) is 75.3 Å². The summed E-state index contributed by atoms with van der Waals surface area (Å²) >= 11 is 0. The Morgan fingerprint density at radius 1 is 1.00 bits per heavy atom. The topological polar surface area (TPSA) is 71.5 Å². The molecule has 1 saturated heterocycles. The quantitative estimate of drug-likeness (QED) is 0.507. The summed E-state index contributed by atoms with van der Waals surface area (Å²) in [7, 11) is 0. The zero-order valence-electron chi connectivity index (χ0n) is 21.2. The van der Waals surface area contributed by atoms with Crippen molar-refractivity contribution in [2.75, 3.05) is 13.1 Å². The summed E-state index contributed by atoms with van der Waals surface area (Å²) in [4.78, 5) is 33.0. The van der Waals surface area contributed by atoms with Gasteiger partial charge in [-0.3, -0.25) is 4.79 Å². The first-order valence-corrected chi connectivity index (χ1v) is 12.7. The lowest BCUT2D eigenvalue weighted by atomic mass is 9.97. The Labute approximate surface area is 212 Å². The van der Waals surface area contributed by atoms with E-state index in [9.17, 15) is 9.59 Å². The van der Waals surface area contributed by atoms with Crippen molar-refractivity contribution < 1.29 is 14.3 Å². The van der Waals surface area contributed by atoms with Crippen LogP contribution in [-0.2, 0) is 11.2 Å². The maximum absolute atomic E-state index is 13.9. The fourth-order valence-corrected chi connectivity index (χ4v) is 5.13. The minimum Gasteiger partial charge on any atom is -0.444 e. The third-order valence-electron chi connectivity index (χ3n) is 6.80. The smallest absolute Gasteiger partial charge is 0.407 e. The van der Waals surface area contributed by atoms with E-state index in [0.717, 1.165) is 46.1 Å². The molecule has 5 rings (SSSR count). The summed E-state index contributed by atoms with van der Waals surface area (Å²) < 4.78 is 5.39. The number of nitrogens with zero attached hydrogens (tertiary/aromatic N) is 2. The van der Waals surface area contributed by atoms with Crippen molar-refractivity contribution in [1.29, 1.82) is 0 Å². The Hall–Kier alpha value is -3.67. The van der Waals surface area contributed by atoms with E-state index in [2.05, 4.69) is 23.5 Å². The van der Waals surface area contributed by atoms with Gasteiger partial charge in [-0.15, -0.1) is 0 Å². The Morgan fingerprint density at radius 2 is 1.69 bits per heavy atom. The van der Waals surface area contributed by atoms with Gasteiger partial charge in [0, 0.05) is 24.5 Å². The van der Waals surface area contributed by atoms with Crippen molar-refractivity contribution in [2.45, 2.75) is 58.1 Å². The van der Waals surface area contributed by atoms with E-state index >= 15 is 0 Å². The standard InChI is InChI=1S/C30H33N3O3/c1-30(2,3)36-29(35)31-22-15-17-33(18-16-22)28(34)26-23-11-7-8-12-25(23)32-27-21(13-14-24(26)27)19-20-9-5-4-6-10-20/h4-12,19,22H,13-18H2,1-3H3,(H,31,35)/b21-19-. The molecule has 3 aromatic rings. The van der Waals surface area contributed by atoms with Crippen LogP contribution in [0.15, 0.2) is 54.6 Å². The highest BCUT2D eigenvalue weighted by atomic mass is 16.6. The highest BCUT2D eigenvalue weighted by molar-refractivity contribution is 6.09.